The Kier molecular flexibility index (Phi) is 9.24. The predicted molar refractivity (Wildman–Crippen MR) is 224 cm³/mol. The maximum Gasteiger partial charge on any atom is 0.219 e. The van der Waals surface area contributed by atoms with E-state index in [4.69, 9.17) is 10.2 Å². The van der Waals surface area contributed by atoms with E-state index in [1.165, 1.54) is 56.1 Å². The number of carbonyl (C=O) groups is 2. The zero-order valence-electron chi connectivity index (χ0n) is 34.8. The molecule has 0 radical (unpaired) electrons. The summed E-state index contributed by atoms with van der Waals surface area (Å²) < 4.78 is 7.65. The van der Waals surface area contributed by atoms with E-state index < -0.39 is 0 Å². The SMILES string of the molecule is CC(=O)N1CCc2c(c(N3C[C@@H](C)c4cc(-c5cnn(C)c5)ccc43)nn2C)C1.CC(=O)N1CCc2c(c(N3C[C@H](C)c4cc(-c5cnn(C)c5)ccc43)nn2C)C1. The number of nitrogens with zero attached hydrogens (tertiary/aromatic N) is 12. The highest BCUT2D eigenvalue weighted by atomic mass is 16.2. The molecule has 0 bridgehead atoms. The van der Waals surface area contributed by atoms with Gasteiger partial charge in [0.1, 0.15) is 0 Å². The topological polar surface area (TPSA) is 118 Å². The second kappa shape index (κ2) is 14.3. The van der Waals surface area contributed by atoms with Crippen molar-refractivity contribution in [3.63, 3.8) is 0 Å². The summed E-state index contributed by atoms with van der Waals surface area (Å²) in [7, 11) is 7.90. The van der Waals surface area contributed by atoms with E-state index in [0.29, 0.717) is 24.9 Å². The lowest BCUT2D eigenvalue weighted by molar-refractivity contribution is -0.130. The van der Waals surface area contributed by atoms with Gasteiger partial charge >= 0.3 is 0 Å². The number of fused-ring (bicyclic) bond motifs is 4. The molecule has 58 heavy (non-hydrogen) atoms. The highest BCUT2D eigenvalue weighted by Gasteiger charge is 2.35. The molecule has 8 heterocycles. The molecule has 300 valence electrons. The maximum atomic E-state index is 12.0. The fourth-order valence-electron chi connectivity index (χ4n) is 9.35. The van der Waals surface area contributed by atoms with Crippen LogP contribution in [0, 0.1) is 0 Å². The normalized spacial score (nSPS) is 18.1. The highest BCUT2D eigenvalue weighted by molar-refractivity contribution is 5.79. The first-order valence-electron chi connectivity index (χ1n) is 20.3. The van der Waals surface area contributed by atoms with Gasteiger partial charge in [-0.2, -0.15) is 20.4 Å². The number of carbonyl (C=O) groups excluding carboxylic acids is 2. The molecular formula is C44H52N12O2. The van der Waals surface area contributed by atoms with Gasteiger partial charge in [0.15, 0.2) is 11.6 Å². The van der Waals surface area contributed by atoms with Crippen LogP contribution >= 0.6 is 0 Å². The maximum absolute atomic E-state index is 12.0. The Morgan fingerprint density at radius 2 is 1.02 bits per heavy atom. The van der Waals surface area contributed by atoms with Crippen LogP contribution in [0.15, 0.2) is 61.2 Å². The summed E-state index contributed by atoms with van der Waals surface area (Å²) in [6.07, 6.45) is 9.62. The summed E-state index contributed by atoms with van der Waals surface area (Å²) in [5.74, 6) is 3.06. The van der Waals surface area contributed by atoms with Crippen LogP contribution in [-0.2, 0) is 63.7 Å². The Morgan fingerprint density at radius 3 is 1.38 bits per heavy atom. The number of aromatic nitrogens is 8. The molecule has 4 aromatic heterocycles. The monoisotopic (exact) mass is 780 g/mol. The Morgan fingerprint density at radius 1 is 0.603 bits per heavy atom. The molecule has 10 rings (SSSR count). The van der Waals surface area contributed by atoms with E-state index in [-0.39, 0.29) is 11.8 Å². The van der Waals surface area contributed by atoms with Gasteiger partial charge in [-0.1, -0.05) is 26.0 Å². The fraction of sp³-hybridized carbons (Fsp3) is 0.409. The van der Waals surface area contributed by atoms with Crippen molar-refractivity contribution in [3.05, 3.63) is 94.8 Å². The first-order valence-corrected chi connectivity index (χ1v) is 20.3. The molecule has 2 atom stereocenters. The van der Waals surface area contributed by atoms with E-state index in [0.717, 1.165) is 61.8 Å². The first kappa shape index (κ1) is 37.4. The molecule has 0 aliphatic carbocycles. The molecule has 0 spiro atoms. The summed E-state index contributed by atoms with van der Waals surface area (Å²) in [6.45, 7) is 12.4. The summed E-state index contributed by atoms with van der Waals surface area (Å²) in [4.78, 5) is 32.4. The zero-order valence-corrected chi connectivity index (χ0v) is 34.8. The van der Waals surface area contributed by atoms with Crippen molar-refractivity contribution in [2.75, 3.05) is 36.0 Å². The zero-order chi connectivity index (χ0) is 40.6. The molecule has 2 aromatic carbocycles. The molecule has 0 unspecified atom stereocenters. The van der Waals surface area contributed by atoms with Gasteiger partial charge in [0.25, 0.3) is 0 Å². The van der Waals surface area contributed by atoms with Crippen molar-refractivity contribution in [1.29, 1.82) is 0 Å². The van der Waals surface area contributed by atoms with Crippen LogP contribution in [0.3, 0.4) is 0 Å². The van der Waals surface area contributed by atoms with Crippen molar-refractivity contribution < 1.29 is 9.59 Å². The molecule has 2 amide bonds. The minimum atomic E-state index is 0.127. The quantitative estimate of drug-likeness (QED) is 0.215. The molecule has 4 aliphatic rings. The molecule has 6 aromatic rings. The van der Waals surface area contributed by atoms with Crippen molar-refractivity contribution in [3.8, 4) is 22.3 Å². The smallest absolute Gasteiger partial charge is 0.219 e. The third kappa shape index (κ3) is 6.44. The first-order chi connectivity index (χ1) is 27.8. The predicted octanol–water partition coefficient (Wildman–Crippen LogP) is 5.96. The number of amides is 2. The minimum absolute atomic E-state index is 0.127. The molecule has 0 fully saturated rings. The number of hydrogen-bond donors (Lipinski definition) is 0. The summed E-state index contributed by atoms with van der Waals surface area (Å²) in [5.41, 5.74) is 14.6. The second-order valence-corrected chi connectivity index (χ2v) is 16.5. The molecule has 0 N–H and O–H groups in total. The second-order valence-electron chi connectivity index (χ2n) is 16.5. The van der Waals surface area contributed by atoms with E-state index in [1.54, 1.807) is 13.8 Å². The molecule has 14 heteroatoms. The molecule has 0 saturated carbocycles. The lowest BCUT2D eigenvalue weighted by atomic mass is 9.99. The number of benzene rings is 2. The number of rotatable bonds is 4. The van der Waals surface area contributed by atoms with Crippen LogP contribution in [-0.4, -0.2) is 86.9 Å². The lowest BCUT2D eigenvalue weighted by Crippen LogP contribution is -2.35. The van der Waals surface area contributed by atoms with Crippen LogP contribution in [0.5, 0.6) is 0 Å². The van der Waals surface area contributed by atoms with Crippen molar-refractivity contribution >= 4 is 34.8 Å². The van der Waals surface area contributed by atoms with E-state index in [1.807, 2.05) is 81.5 Å². The van der Waals surface area contributed by atoms with Crippen molar-refractivity contribution in [2.45, 2.75) is 65.5 Å². The van der Waals surface area contributed by atoms with Gasteiger partial charge in [-0.15, -0.1) is 0 Å². The van der Waals surface area contributed by atoms with Gasteiger partial charge in [-0.05, 0) is 46.5 Å². The minimum Gasteiger partial charge on any atom is -0.338 e. The number of aryl methyl sites for hydroxylation is 4. The van der Waals surface area contributed by atoms with Crippen LogP contribution in [0.25, 0.3) is 22.3 Å². The van der Waals surface area contributed by atoms with Gasteiger partial charge in [0, 0.05) is 150 Å². The largest absolute Gasteiger partial charge is 0.338 e. The third-order valence-corrected chi connectivity index (χ3v) is 12.5. The van der Waals surface area contributed by atoms with Gasteiger partial charge in [0.2, 0.25) is 11.8 Å². The summed E-state index contributed by atoms with van der Waals surface area (Å²) >= 11 is 0. The molecular weight excluding hydrogens is 729 g/mol. The van der Waals surface area contributed by atoms with Crippen molar-refractivity contribution in [1.82, 2.24) is 48.9 Å². The van der Waals surface area contributed by atoms with Crippen LogP contribution in [0.2, 0.25) is 0 Å². The average molecular weight is 781 g/mol. The Labute approximate surface area is 339 Å². The third-order valence-electron chi connectivity index (χ3n) is 12.5. The van der Waals surface area contributed by atoms with Gasteiger partial charge in [-0.3, -0.25) is 28.3 Å². The summed E-state index contributed by atoms with van der Waals surface area (Å²) in [6, 6.07) is 13.3. The Bertz CT molecular complexity index is 2400. The fourth-order valence-corrected chi connectivity index (χ4v) is 9.35. The Hall–Kier alpha value is -6.18. The number of hydrogen-bond acceptors (Lipinski definition) is 8. The average Bonchev–Trinajstić information content (AvgIpc) is 4.08. The highest BCUT2D eigenvalue weighted by Crippen LogP contribution is 2.46. The van der Waals surface area contributed by atoms with E-state index in [2.05, 4.69) is 70.2 Å². The Balaban J connectivity index is 0.000000150. The van der Waals surface area contributed by atoms with Crippen LogP contribution < -0.4 is 9.80 Å². The molecule has 4 aliphatic heterocycles. The molecule has 0 saturated heterocycles. The molecule has 14 nitrogen and oxygen atoms in total. The van der Waals surface area contributed by atoms with Gasteiger partial charge < -0.3 is 19.6 Å². The van der Waals surface area contributed by atoms with Crippen molar-refractivity contribution in [2.24, 2.45) is 28.2 Å². The standard InChI is InChI=1S/2C22H26N6O/c2*1-14-11-28(21-6-5-16(9-18(14)21)17-10-23-25(3)12-17)22-19-13-27(15(2)29)8-7-20(19)26(4)24-22/h2*5-6,9-10,12,14H,7-8,11,13H2,1-4H3/t2*14-/m10/s1. The van der Waals surface area contributed by atoms with E-state index >= 15 is 0 Å². The van der Waals surface area contributed by atoms with Gasteiger partial charge in [-0.25, -0.2) is 0 Å². The van der Waals surface area contributed by atoms with Crippen LogP contribution in [0.1, 0.15) is 73.2 Å². The van der Waals surface area contributed by atoms with E-state index in [9.17, 15) is 9.59 Å². The number of anilines is 4. The summed E-state index contributed by atoms with van der Waals surface area (Å²) in [5, 5.41) is 18.4. The van der Waals surface area contributed by atoms with Crippen LogP contribution in [0.4, 0.5) is 23.0 Å². The van der Waals surface area contributed by atoms with Gasteiger partial charge in [0.05, 0.1) is 25.5 Å². The lowest BCUT2D eigenvalue weighted by Gasteiger charge is -2.28.